The van der Waals surface area contributed by atoms with Gasteiger partial charge in [0.1, 0.15) is 11.5 Å². The summed E-state index contributed by atoms with van der Waals surface area (Å²) in [7, 11) is 3.31. The molecule has 1 N–H and O–H groups in total. The number of rotatable bonds is 9. The molecule has 1 aliphatic carbocycles. The first kappa shape index (κ1) is 25.1. The number of hydrogen-bond acceptors (Lipinski definition) is 6. The van der Waals surface area contributed by atoms with Gasteiger partial charge in [-0.15, -0.1) is 10.2 Å². The second kappa shape index (κ2) is 11.6. The number of methoxy groups -OCH3 is 2. The second-order valence-electron chi connectivity index (χ2n) is 9.06. The van der Waals surface area contributed by atoms with Crippen LogP contribution < -0.4 is 14.8 Å². The first-order valence-electron chi connectivity index (χ1n) is 12.2. The number of carbonyl (C=O) groups excluding carboxylic acids is 1. The Bertz CT molecular complexity index is 1110. The number of nitrogens with zero attached hydrogens (tertiary/aromatic N) is 3. The van der Waals surface area contributed by atoms with Gasteiger partial charge in [-0.05, 0) is 67.6 Å². The van der Waals surface area contributed by atoms with E-state index in [1.54, 1.807) is 14.2 Å². The topological polar surface area (TPSA) is 78.3 Å². The van der Waals surface area contributed by atoms with Crippen LogP contribution in [0, 0.1) is 5.92 Å². The summed E-state index contributed by atoms with van der Waals surface area (Å²) < 4.78 is 12.8. The van der Waals surface area contributed by atoms with Gasteiger partial charge in [-0.25, -0.2) is 0 Å². The Morgan fingerprint density at radius 1 is 1.03 bits per heavy atom. The van der Waals surface area contributed by atoms with Crippen molar-refractivity contribution < 1.29 is 14.3 Å². The van der Waals surface area contributed by atoms with Crippen molar-refractivity contribution in [3.63, 3.8) is 0 Å². The van der Waals surface area contributed by atoms with E-state index in [1.165, 1.54) is 31.0 Å². The van der Waals surface area contributed by atoms with E-state index in [1.807, 2.05) is 55.5 Å². The van der Waals surface area contributed by atoms with Crippen molar-refractivity contribution in [2.75, 3.05) is 14.2 Å². The van der Waals surface area contributed by atoms with Crippen LogP contribution in [0.1, 0.15) is 51.1 Å². The Labute approximate surface area is 211 Å². The summed E-state index contributed by atoms with van der Waals surface area (Å²) >= 11 is 1.47. The van der Waals surface area contributed by atoms with E-state index >= 15 is 0 Å². The molecule has 35 heavy (non-hydrogen) atoms. The maximum absolute atomic E-state index is 12.9. The molecule has 0 bridgehead atoms. The number of thioether (sulfide) groups is 1. The molecule has 3 aromatic rings. The zero-order chi connectivity index (χ0) is 24.8. The maximum Gasteiger partial charge on any atom is 0.233 e. The van der Waals surface area contributed by atoms with Crippen LogP contribution in [-0.2, 0) is 11.3 Å². The number of nitrogens with one attached hydrogen (secondary N) is 1. The number of amides is 1. The quantitative estimate of drug-likeness (QED) is 0.395. The van der Waals surface area contributed by atoms with Crippen molar-refractivity contribution in [1.29, 1.82) is 0 Å². The summed E-state index contributed by atoms with van der Waals surface area (Å²) in [6.07, 6.45) is 4.72. The van der Waals surface area contributed by atoms with Crippen molar-refractivity contribution in [2.24, 2.45) is 5.92 Å². The molecule has 4 rings (SSSR count). The van der Waals surface area contributed by atoms with E-state index in [2.05, 4.69) is 27.0 Å². The molecular formula is C27H34N4O3S. The highest BCUT2D eigenvalue weighted by Crippen LogP contribution is 2.39. The lowest BCUT2D eigenvalue weighted by atomic mass is 9.85. The molecule has 3 atom stereocenters. The van der Waals surface area contributed by atoms with Gasteiger partial charge >= 0.3 is 0 Å². The predicted molar refractivity (Wildman–Crippen MR) is 139 cm³/mol. The predicted octanol–water partition coefficient (Wildman–Crippen LogP) is 5.51. The highest BCUT2D eigenvalue weighted by atomic mass is 32.2. The van der Waals surface area contributed by atoms with E-state index in [4.69, 9.17) is 9.47 Å². The molecule has 0 aliphatic heterocycles. The van der Waals surface area contributed by atoms with Crippen LogP contribution >= 0.6 is 11.8 Å². The number of aromatic nitrogens is 3. The molecular weight excluding hydrogens is 460 g/mol. The second-order valence-corrected chi connectivity index (χ2v) is 10.4. The number of hydrogen-bond donors (Lipinski definition) is 1. The third-order valence-electron chi connectivity index (χ3n) is 6.69. The van der Waals surface area contributed by atoms with E-state index in [9.17, 15) is 4.79 Å². The summed E-state index contributed by atoms with van der Waals surface area (Å²) in [5.74, 6) is 2.95. The lowest BCUT2D eigenvalue weighted by Gasteiger charge is -2.31. The van der Waals surface area contributed by atoms with E-state index in [0.717, 1.165) is 40.0 Å². The van der Waals surface area contributed by atoms with Crippen LogP contribution in [0.5, 0.6) is 11.5 Å². The van der Waals surface area contributed by atoms with Crippen LogP contribution in [0.25, 0.3) is 11.4 Å². The summed E-state index contributed by atoms with van der Waals surface area (Å²) in [4.78, 5) is 12.9. The van der Waals surface area contributed by atoms with Gasteiger partial charge in [0.25, 0.3) is 0 Å². The van der Waals surface area contributed by atoms with E-state index in [-0.39, 0.29) is 11.2 Å². The van der Waals surface area contributed by atoms with Gasteiger partial charge in [-0.3, -0.25) is 9.36 Å². The van der Waals surface area contributed by atoms with Gasteiger partial charge in [0.15, 0.2) is 11.0 Å². The highest BCUT2D eigenvalue weighted by Gasteiger charge is 2.30. The molecule has 1 saturated carbocycles. The lowest BCUT2D eigenvalue weighted by Crippen LogP contribution is -2.31. The smallest absolute Gasteiger partial charge is 0.233 e. The standard InChI is InChI=1S/C27H34N4O3S/c1-18-7-5-6-8-24(18)31-25(21-11-15-23(34-4)16-12-21)29-30-27(31)35-19(2)26(32)28-17-20-9-13-22(33-3)14-10-20/h9-16,18-19,24H,5-8,17H2,1-4H3,(H,28,32)/t18-,19-,24-/m0/s1. The Hall–Kier alpha value is -3.00. The molecule has 2 aromatic carbocycles. The van der Waals surface area contributed by atoms with Crippen LogP contribution in [0.3, 0.4) is 0 Å². The fourth-order valence-electron chi connectivity index (χ4n) is 4.56. The number of carbonyl (C=O) groups is 1. The fraction of sp³-hybridized carbons (Fsp3) is 0.444. The Balaban J connectivity index is 1.52. The van der Waals surface area contributed by atoms with Crippen LogP contribution in [-0.4, -0.2) is 40.1 Å². The van der Waals surface area contributed by atoms with Crippen molar-refractivity contribution in [1.82, 2.24) is 20.1 Å². The van der Waals surface area contributed by atoms with Crippen molar-refractivity contribution in [3.8, 4) is 22.9 Å². The molecule has 0 radical (unpaired) electrons. The molecule has 0 spiro atoms. The molecule has 1 amide bonds. The van der Waals surface area contributed by atoms with Gasteiger partial charge in [0.05, 0.1) is 19.5 Å². The Kier molecular flexibility index (Phi) is 8.33. The minimum absolute atomic E-state index is 0.0249. The zero-order valence-corrected chi connectivity index (χ0v) is 21.7. The third-order valence-corrected chi connectivity index (χ3v) is 7.74. The van der Waals surface area contributed by atoms with E-state index in [0.29, 0.717) is 18.5 Å². The number of benzene rings is 2. The molecule has 0 unspecified atom stereocenters. The fourth-order valence-corrected chi connectivity index (χ4v) is 5.49. The van der Waals surface area contributed by atoms with Gasteiger partial charge in [-0.2, -0.15) is 0 Å². The molecule has 1 heterocycles. The van der Waals surface area contributed by atoms with Crippen LogP contribution in [0.15, 0.2) is 53.7 Å². The lowest BCUT2D eigenvalue weighted by molar-refractivity contribution is -0.120. The van der Waals surface area contributed by atoms with Gasteiger partial charge in [0, 0.05) is 18.2 Å². The van der Waals surface area contributed by atoms with Crippen molar-refractivity contribution in [3.05, 3.63) is 54.1 Å². The molecule has 1 aliphatic rings. The highest BCUT2D eigenvalue weighted by molar-refractivity contribution is 8.00. The van der Waals surface area contributed by atoms with Crippen molar-refractivity contribution >= 4 is 17.7 Å². The normalized spacial score (nSPS) is 18.6. The van der Waals surface area contributed by atoms with Crippen LogP contribution in [0.4, 0.5) is 0 Å². The Morgan fingerprint density at radius 3 is 2.29 bits per heavy atom. The average Bonchev–Trinajstić information content (AvgIpc) is 3.30. The maximum atomic E-state index is 12.9. The van der Waals surface area contributed by atoms with Gasteiger partial charge in [-0.1, -0.05) is 43.7 Å². The summed E-state index contributed by atoms with van der Waals surface area (Å²) in [5, 5.41) is 12.7. The zero-order valence-electron chi connectivity index (χ0n) is 20.9. The molecule has 0 saturated heterocycles. The van der Waals surface area contributed by atoms with Crippen LogP contribution in [0.2, 0.25) is 0 Å². The average molecular weight is 495 g/mol. The van der Waals surface area contributed by atoms with Gasteiger partial charge in [0.2, 0.25) is 5.91 Å². The van der Waals surface area contributed by atoms with Crippen molar-refractivity contribution in [2.45, 2.75) is 62.5 Å². The minimum atomic E-state index is -0.307. The minimum Gasteiger partial charge on any atom is -0.497 e. The van der Waals surface area contributed by atoms with E-state index < -0.39 is 0 Å². The summed E-state index contributed by atoms with van der Waals surface area (Å²) in [5.41, 5.74) is 2.02. The molecule has 1 aromatic heterocycles. The largest absolute Gasteiger partial charge is 0.497 e. The number of ether oxygens (including phenoxy) is 2. The molecule has 8 heteroatoms. The third kappa shape index (κ3) is 5.99. The monoisotopic (exact) mass is 494 g/mol. The first-order valence-corrected chi connectivity index (χ1v) is 13.0. The molecule has 7 nitrogen and oxygen atoms in total. The molecule has 1 fully saturated rings. The molecule has 186 valence electrons. The summed E-state index contributed by atoms with van der Waals surface area (Å²) in [6.45, 7) is 4.70. The first-order chi connectivity index (χ1) is 17.0. The Morgan fingerprint density at radius 2 is 1.66 bits per heavy atom. The van der Waals surface area contributed by atoms with Gasteiger partial charge < -0.3 is 14.8 Å². The SMILES string of the molecule is COc1ccc(CNC(=O)[C@H](C)Sc2nnc(-c3ccc(OC)cc3)n2[C@H]2CCCC[C@@H]2C)cc1. The summed E-state index contributed by atoms with van der Waals surface area (Å²) in [6, 6.07) is 16.0.